The molecule has 2 aromatic carbocycles. The van der Waals surface area contributed by atoms with E-state index in [4.69, 9.17) is 0 Å². The summed E-state index contributed by atoms with van der Waals surface area (Å²) >= 11 is 3.50. The van der Waals surface area contributed by atoms with E-state index in [1.165, 1.54) is 11.1 Å². The third kappa shape index (κ3) is 3.47. The Bertz CT molecular complexity index is 587. The fourth-order valence-electron chi connectivity index (χ4n) is 2.72. The Morgan fingerprint density at radius 3 is 2.35 bits per heavy atom. The molecule has 2 rings (SSSR count). The zero-order chi connectivity index (χ0) is 14.7. The van der Waals surface area contributed by atoms with E-state index in [2.05, 4.69) is 33.4 Å². The maximum absolute atomic E-state index is 13.4. The average molecular weight is 336 g/mol. The summed E-state index contributed by atoms with van der Waals surface area (Å²) in [6.45, 7) is 3.94. The molecule has 0 aliphatic heterocycles. The second-order valence-corrected chi connectivity index (χ2v) is 6.04. The van der Waals surface area contributed by atoms with Gasteiger partial charge in [-0.2, -0.15) is 0 Å². The van der Waals surface area contributed by atoms with E-state index in [9.17, 15) is 4.39 Å². The van der Waals surface area contributed by atoms with Gasteiger partial charge in [-0.05, 0) is 73.8 Å². The highest BCUT2D eigenvalue weighted by atomic mass is 79.9. The van der Waals surface area contributed by atoms with Crippen molar-refractivity contribution >= 4 is 15.9 Å². The Hall–Kier alpha value is -1.19. The van der Waals surface area contributed by atoms with Crippen LogP contribution in [-0.4, -0.2) is 7.05 Å². The lowest BCUT2D eigenvalue weighted by Crippen LogP contribution is -2.21. The summed E-state index contributed by atoms with van der Waals surface area (Å²) in [4.78, 5) is 0. The lowest BCUT2D eigenvalue weighted by molar-refractivity contribution is 0.578. The molecule has 0 bridgehead atoms. The van der Waals surface area contributed by atoms with Crippen LogP contribution in [0.2, 0.25) is 0 Å². The quantitative estimate of drug-likeness (QED) is 0.853. The van der Waals surface area contributed by atoms with Crippen molar-refractivity contribution in [2.24, 2.45) is 0 Å². The van der Waals surface area contributed by atoms with Crippen molar-refractivity contribution in [3.8, 4) is 0 Å². The summed E-state index contributed by atoms with van der Waals surface area (Å²) in [5.74, 6) is -0.166. The van der Waals surface area contributed by atoms with Gasteiger partial charge in [-0.3, -0.25) is 0 Å². The van der Waals surface area contributed by atoms with Gasteiger partial charge in [-0.1, -0.05) is 28.1 Å². The molecule has 20 heavy (non-hydrogen) atoms. The van der Waals surface area contributed by atoms with Crippen molar-refractivity contribution in [1.82, 2.24) is 5.32 Å². The van der Waals surface area contributed by atoms with Gasteiger partial charge in [-0.15, -0.1) is 0 Å². The van der Waals surface area contributed by atoms with Crippen molar-refractivity contribution in [3.05, 3.63) is 68.9 Å². The molecule has 0 saturated carbocycles. The molecule has 1 atom stereocenters. The predicted octanol–water partition coefficient (Wildman–Crippen LogP) is 4.71. The third-order valence-electron chi connectivity index (χ3n) is 3.58. The lowest BCUT2D eigenvalue weighted by atomic mass is 9.92. The minimum Gasteiger partial charge on any atom is -0.313 e. The predicted molar refractivity (Wildman–Crippen MR) is 85.5 cm³/mol. The highest BCUT2D eigenvalue weighted by Gasteiger charge is 2.16. The van der Waals surface area contributed by atoms with Crippen LogP contribution in [-0.2, 0) is 6.42 Å². The maximum atomic E-state index is 13.4. The van der Waals surface area contributed by atoms with Gasteiger partial charge in [0.15, 0.2) is 0 Å². The van der Waals surface area contributed by atoms with Gasteiger partial charge in [0, 0.05) is 10.5 Å². The molecule has 2 aromatic rings. The first-order chi connectivity index (χ1) is 9.51. The number of hydrogen-bond donors (Lipinski definition) is 1. The Labute approximate surface area is 128 Å². The molecule has 1 N–H and O–H groups in total. The zero-order valence-electron chi connectivity index (χ0n) is 12.0. The summed E-state index contributed by atoms with van der Waals surface area (Å²) in [5.41, 5.74) is 4.43. The standard InChI is InChI=1S/C17H19BrFN/c1-11-7-15(19)8-12(2)17(11)16(20-3)10-13-5-4-6-14(18)9-13/h4-9,16,20H,10H2,1-3H3. The molecule has 0 saturated heterocycles. The summed E-state index contributed by atoms with van der Waals surface area (Å²) in [6.07, 6.45) is 0.878. The highest BCUT2D eigenvalue weighted by molar-refractivity contribution is 9.10. The van der Waals surface area contributed by atoms with Crippen LogP contribution < -0.4 is 5.32 Å². The Morgan fingerprint density at radius 1 is 1.15 bits per heavy atom. The molecular weight excluding hydrogens is 317 g/mol. The van der Waals surface area contributed by atoms with E-state index >= 15 is 0 Å². The molecule has 0 fully saturated rings. The van der Waals surface area contributed by atoms with Gasteiger partial charge in [0.05, 0.1) is 0 Å². The van der Waals surface area contributed by atoms with Crippen molar-refractivity contribution in [2.45, 2.75) is 26.3 Å². The smallest absolute Gasteiger partial charge is 0.123 e. The second-order valence-electron chi connectivity index (χ2n) is 5.13. The number of nitrogens with one attached hydrogen (secondary N) is 1. The maximum Gasteiger partial charge on any atom is 0.123 e. The molecule has 1 unspecified atom stereocenters. The van der Waals surface area contributed by atoms with Crippen LogP contribution in [0.4, 0.5) is 4.39 Å². The van der Waals surface area contributed by atoms with Crippen LogP contribution >= 0.6 is 15.9 Å². The number of halogens is 2. The molecule has 0 aliphatic rings. The first-order valence-corrected chi connectivity index (χ1v) is 7.49. The van der Waals surface area contributed by atoms with Crippen LogP contribution in [0.5, 0.6) is 0 Å². The largest absolute Gasteiger partial charge is 0.313 e. The van der Waals surface area contributed by atoms with Crippen LogP contribution in [0.1, 0.15) is 28.3 Å². The first-order valence-electron chi connectivity index (χ1n) is 6.69. The molecule has 0 spiro atoms. The molecule has 3 heteroatoms. The summed E-state index contributed by atoms with van der Waals surface area (Å²) in [7, 11) is 1.95. The minimum atomic E-state index is -0.166. The van der Waals surface area contributed by atoms with Gasteiger partial charge in [0.25, 0.3) is 0 Å². The second kappa shape index (κ2) is 6.51. The van der Waals surface area contributed by atoms with Gasteiger partial charge < -0.3 is 5.32 Å². The summed E-state index contributed by atoms with van der Waals surface area (Å²) in [5, 5.41) is 3.35. The molecule has 0 heterocycles. The fourth-order valence-corrected chi connectivity index (χ4v) is 3.17. The van der Waals surface area contributed by atoms with E-state index in [0.717, 1.165) is 22.0 Å². The Balaban J connectivity index is 2.34. The molecule has 0 radical (unpaired) electrons. The van der Waals surface area contributed by atoms with Gasteiger partial charge in [0.2, 0.25) is 0 Å². The average Bonchev–Trinajstić information content (AvgIpc) is 2.36. The fraction of sp³-hybridized carbons (Fsp3) is 0.294. The molecule has 0 amide bonds. The molecular formula is C17H19BrFN. The minimum absolute atomic E-state index is 0.166. The molecule has 106 valence electrons. The molecule has 0 aliphatic carbocycles. The topological polar surface area (TPSA) is 12.0 Å². The first kappa shape index (κ1) is 15.2. The number of rotatable bonds is 4. The Morgan fingerprint density at radius 2 is 1.80 bits per heavy atom. The van der Waals surface area contributed by atoms with Crippen LogP contribution in [0, 0.1) is 19.7 Å². The van der Waals surface area contributed by atoms with Gasteiger partial charge in [-0.25, -0.2) is 4.39 Å². The third-order valence-corrected chi connectivity index (χ3v) is 4.08. The Kier molecular flexibility index (Phi) is 4.95. The van der Waals surface area contributed by atoms with E-state index in [1.807, 2.05) is 33.0 Å². The zero-order valence-corrected chi connectivity index (χ0v) is 13.6. The number of benzene rings is 2. The lowest BCUT2D eigenvalue weighted by Gasteiger charge is -2.21. The van der Waals surface area contributed by atoms with Crippen LogP contribution in [0.3, 0.4) is 0 Å². The van der Waals surface area contributed by atoms with Crippen molar-refractivity contribution in [3.63, 3.8) is 0 Å². The van der Waals surface area contributed by atoms with Crippen molar-refractivity contribution < 1.29 is 4.39 Å². The van der Waals surface area contributed by atoms with Crippen LogP contribution in [0.25, 0.3) is 0 Å². The number of aryl methyl sites for hydroxylation is 2. The SMILES string of the molecule is CNC(Cc1cccc(Br)c1)c1c(C)cc(F)cc1C. The van der Waals surface area contributed by atoms with E-state index < -0.39 is 0 Å². The summed E-state index contributed by atoms with van der Waals surface area (Å²) < 4.78 is 14.5. The highest BCUT2D eigenvalue weighted by Crippen LogP contribution is 2.26. The van der Waals surface area contributed by atoms with E-state index in [0.29, 0.717) is 0 Å². The van der Waals surface area contributed by atoms with Crippen molar-refractivity contribution in [2.75, 3.05) is 7.05 Å². The number of hydrogen-bond acceptors (Lipinski definition) is 1. The molecule has 0 aromatic heterocycles. The van der Waals surface area contributed by atoms with Gasteiger partial charge >= 0.3 is 0 Å². The normalized spacial score (nSPS) is 12.4. The van der Waals surface area contributed by atoms with E-state index in [1.54, 1.807) is 12.1 Å². The van der Waals surface area contributed by atoms with Crippen molar-refractivity contribution in [1.29, 1.82) is 0 Å². The van der Waals surface area contributed by atoms with E-state index in [-0.39, 0.29) is 11.9 Å². The van der Waals surface area contributed by atoms with Crippen LogP contribution in [0.15, 0.2) is 40.9 Å². The molecule has 1 nitrogen and oxygen atoms in total. The number of likely N-dealkylation sites (N-methyl/N-ethyl adjacent to an activating group) is 1. The monoisotopic (exact) mass is 335 g/mol. The summed E-state index contributed by atoms with van der Waals surface area (Å²) in [6, 6.07) is 11.7. The van der Waals surface area contributed by atoms with Gasteiger partial charge in [0.1, 0.15) is 5.82 Å².